The molecule has 0 atom stereocenters. The van der Waals surface area contributed by atoms with Gasteiger partial charge in [0.15, 0.2) is 0 Å². The van der Waals surface area contributed by atoms with Crippen molar-refractivity contribution in [3.63, 3.8) is 0 Å². The summed E-state index contributed by atoms with van der Waals surface area (Å²) >= 11 is 5.11. The van der Waals surface area contributed by atoms with Crippen LogP contribution in [0.3, 0.4) is 0 Å². The molecule has 0 amide bonds. The standard InChI is InChI=1S/C8H8BrN3S/c1-4-8(13-5(2)11-4)7-6(9)3-10-12-7/h3H,1-2H3,(H,10,12). The van der Waals surface area contributed by atoms with Gasteiger partial charge in [-0.05, 0) is 29.8 Å². The smallest absolute Gasteiger partial charge is 0.0911 e. The molecule has 3 nitrogen and oxygen atoms in total. The Balaban J connectivity index is 2.58. The van der Waals surface area contributed by atoms with E-state index in [0.29, 0.717) is 0 Å². The first-order chi connectivity index (χ1) is 6.18. The molecular weight excluding hydrogens is 250 g/mol. The van der Waals surface area contributed by atoms with Crippen LogP contribution in [-0.4, -0.2) is 15.2 Å². The first-order valence-electron chi connectivity index (χ1n) is 3.81. The van der Waals surface area contributed by atoms with E-state index in [1.165, 1.54) is 0 Å². The quantitative estimate of drug-likeness (QED) is 0.854. The molecule has 2 aromatic rings. The van der Waals surface area contributed by atoms with Crippen molar-refractivity contribution < 1.29 is 0 Å². The van der Waals surface area contributed by atoms with E-state index in [0.717, 1.165) is 25.7 Å². The number of aromatic amines is 1. The number of aryl methyl sites for hydroxylation is 2. The lowest BCUT2D eigenvalue weighted by Gasteiger charge is -1.93. The summed E-state index contributed by atoms with van der Waals surface area (Å²) in [6.07, 6.45) is 1.75. The predicted molar refractivity (Wildman–Crippen MR) is 56.9 cm³/mol. The average Bonchev–Trinajstić information content (AvgIpc) is 2.58. The molecule has 0 aliphatic carbocycles. The molecule has 0 aromatic carbocycles. The van der Waals surface area contributed by atoms with Crippen LogP contribution in [0, 0.1) is 13.8 Å². The molecule has 0 saturated carbocycles. The molecule has 2 heterocycles. The Morgan fingerprint density at radius 3 is 2.69 bits per heavy atom. The summed E-state index contributed by atoms with van der Waals surface area (Å²) in [6.45, 7) is 4.01. The van der Waals surface area contributed by atoms with E-state index in [1.807, 2.05) is 13.8 Å². The maximum atomic E-state index is 4.36. The molecule has 0 aliphatic heterocycles. The van der Waals surface area contributed by atoms with Gasteiger partial charge >= 0.3 is 0 Å². The Kier molecular flexibility index (Phi) is 2.21. The van der Waals surface area contributed by atoms with Crippen molar-refractivity contribution in [3.8, 4) is 10.6 Å². The van der Waals surface area contributed by atoms with Crippen LogP contribution in [0.4, 0.5) is 0 Å². The van der Waals surface area contributed by atoms with E-state index in [2.05, 4.69) is 31.1 Å². The average molecular weight is 258 g/mol. The molecule has 68 valence electrons. The Bertz CT molecular complexity index is 432. The summed E-state index contributed by atoms with van der Waals surface area (Å²) in [5, 5.41) is 7.98. The van der Waals surface area contributed by atoms with Crippen molar-refractivity contribution in [1.29, 1.82) is 0 Å². The zero-order valence-electron chi connectivity index (χ0n) is 7.26. The first-order valence-corrected chi connectivity index (χ1v) is 5.42. The molecule has 0 spiro atoms. The minimum absolute atomic E-state index is 0.985. The molecule has 0 fully saturated rings. The normalized spacial score (nSPS) is 10.7. The van der Waals surface area contributed by atoms with Crippen molar-refractivity contribution in [1.82, 2.24) is 15.2 Å². The SMILES string of the molecule is Cc1nc(C)c(-c2[nH]ncc2Br)s1. The highest BCUT2D eigenvalue weighted by Gasteiger charge is 2.11. The van der Waals surface area contributed by atoms with Crippen molar-refractivity contribution >= 4 is 27.3 Å². The zero-order valence-corrected chi connectivity index (χ0v) is 9.66. The summed E-state index contributed by atoms with van der Waals surface area (Å²) in [5.41, 5.74) is 2.07. The molecule has 13 heavy (non-hydrogen) atoms. The van der Waals surface area contributed by atoms with Crippen molar-refractivity contribution in [2.45, 2.75) is 13.8 Å². The lowest BCUT2D eigenvalue weighted by molar-refractivity contribution is 1.09. The minimum Gasteiger partial charge on any atom is -0.276 e. The van der Waals surface area contributed by atoms with E-state index in [1.54, 1.807) is 17.5 Å². The van der Waals surface area contributed by atoms with Crippen molar-refractivity contribution in [3.05, 3.63) is 21.4 Å². The fraction of sp³-hybridized carbons (Fsp3) is 0.250. The summed E-state index contributed by atoms with van der Waals surface area (Å²) in [6, 6.07) is 0. The fourth-order valence-corrected chi connectivity index (χ4v) is 2.64. The number of thiazole rings is 1. The zero-order chi connectivity index (χ0) is 9.42. The van der Waals surface area contributed by atoms with Gasteiger partial charge in [-0.2, -0.15) is 5.10 Å². The third-order valence-corrected chi connectivity index (χ3v) is 3.42. The number of nitrogens with one attached hydrogen (secondary N) is 1. The van der Waals surface area contributed by atoms with Gasteiger partial charge in [-0.15, -0.1) is 11.3 Å². The number of H-pyrrole nitrogens is 1. The van der Waals surface area contributed by atoms with E-state index in [9.17, 15) is 0 Å². The molecule has 1 N–H and O–H groups in total. The third-order valence-electron chi connectivity index (χ3n) is 1.72. The Morgan fingerprint density at radius 2 is 2.23 bits per heavy atom. The predicted octanol–water partition coefficient (Wildman–Crippen LogP) is 2.91. The highest BCUT2D eigenvalue weighted by Crippen LogP contribution is 2.32. The van der Waals surface area contributed by atoms with Gasteiger partial charge in [-0.25, -0.2) is 4.98 Å². The number of rotatable bonds is 1. The molecular formula is C8H8BrN3S. The summed E-state index contributed by atoms with van der Waals surface area (Å²) in [5.74, 6) is 0. The van der Waals surface area contributed by atoms with Crippen LogP contribution >= 0.6 is 27.3 Å². The van der Waals surface area contributed by atoms with E-state index < -0.39 is 0 Å². The third kappa shape index (κ3) is 1.53. The first kappa shape index (κ1) is 8.90. The van der Waals surface area contributed by atoms with Crippen LogP contribution in [-0.2, 0) is 0 Å². The Labute approximate surface area is 88.3 Å². The molecule has 2 rings (SSSR count). The Morgan fingerprint density at radius 1 is 1.46 bits per heavy atom. The number of hydrogen-bond acceptors (Lipinski definition) is 3. The van der Waals surface area contributed by atoms with E-state index >= 15 is 0 Å². The number of halogens is 1. The second-order valence-electron chi connectivity index (χ2n) is 2.74. The second-order valence-corrected chi connectivity index (χ2v) is 4.80. The summed E-state index contributed by atoms with van der Waals surface area (Å²) in [7, 11) is 0. The molecule has 2 aromatic heterocycles. The van der Waals surface area contributed by atoms with Gasteiger partial charge in [0.2, 0.25) is 0 Å². The molecule has 0 radical (unpaired) electrons. The van der Waals surface area contributed by atoms with E-state index in [4.69, 9.17) is 0 Å². The number of hydrogen-bond donors (Lipinski definition) is 1. The summed E-state index contributed by atoms with van der Waals surface area (Å²) in [4.78, 5) is 5.51. The fourth-order valence-electron chi connectivity index (χ4n) is 1.19. The highest BCUT2D eigenvalue weighted by atomic mass is 79.9. The van der Waals surface area contributed by atoms with Gasteiger partial charge in [-0.3, -0.25) is 5.10 Å². The van der Waals surface area contributed by atoms with Crippen LogP contribution in [0.1, 0.15) is 10.7 Å². The van der Waals surface area contributed by atoms with Gasteiger partial charge in [-0.1, -0.05) is 0 Å². The van der Waals surface area contributed by atoms with Crippen molar-refractivity contribution in [2.75, 3.05) is 0 Å². The highest BCUT2D eigenvalue weighted by molar-refractivity contribution is 9.10. The van der Waals surface area contributed by atoms with Gasteiger partial charge in [0.1, 0.15) is 0 Å². The van der Waals surface area contributed by atoms with Gasteiger partial charge in [0, 0.05) is 0 Å². The maximum absolute atomic E-state index is 4.36. The molecule has 0 unspecified atom stereocenters. The topological polar surface area (TPSA) is 41.6 Å². The van der Waals surface area contributed by atoms with Crippen LogP contribution in [0.2, 0.25) is 0 Å². The molecule has 0 saturated heterocycles. The van der Waals surface area contributed by atoms with Crippen LogP contribution in [0.5, 0.6) is 0 Å². The van der Waals surface area contributed by atoms with Gasteiger partial charge < -0.3 is 0 Å². The lowest BCUT2D eigenvalue weighted by Crippen LogP contribution is -1.78. The van der Waals surface area contributed by atoms with E-state index in [-0.39, 0.29) is 0 Å². The van der Waals surface area contributed by atoms with Crippen LogP contribution < -0.4 is 0 Å². The van der Waals surface area contributed by atoms with Gasteiger partial charge in [0.05, 0.1) is 31.9 Å². The van der Waals surface area contributed by atoms with Crippen LogP contribution in [0.15, 0.2) is 10.7 Å². The van der Waals surface area contributed by atoms with Crippen molar-refractivity contribution in [2.24, 2.45) is 0 Å². The van der Waals surface area contributed by atoms with Crippen LogP contribution in [0.25, 0.3) is 10.6 Å². The monoisotopic (exact) mass is 257 g/mol. The number of nitrogens with zero attached hydrogens (tertiary/aromatic N) is 2. The summed E-state index contributed by atoms with van der Waals surface area (Å²) < 4.78 is 0.985. The molecule has 0 bridgehead atoms. The lowest BCUT2D eigenvalue weighted by atomic mass is 10.3. The molecule has 5 heteroatoms. The largest absolute Gasteiger partial charge is 0.276 e. The Hall–Kier alpha value is -0.680. The molecule has 0 aliphatic rings. The van der Waals surface area contributed by atoms with Gasteiger partial charge in [0.25, 0.3) is 0 Å². The minimum atomic E-state index is 0.985. The second kappa shape index (κ2) is 3.23. The maximum Gasteiger partial charge on any atom is 0.0911 e. The number of aromatic nitrogens is 3.